The average molecular weight is 240 g/mol. The van der Waals surface area contributed by atoms with E-state index in [1.165, 1.54) is 6.07 Å². The van der Waals surface area contributed by atoms with Crippen LogP contribution < -0.4 is 9.92 Å². The van der Waals surface area contributed by atoms with Gasteiger partial charge in [-0.3, -0.25) is 4.55 Å². The maximum atomic E-state index is 10.3. The van der Waals surface area contributed by atoms with Crippen LogP contribution in [-0.2, 0) is 10.4 Å². The van der Waals surface area contributed by atoms with Gasteiger partial charge in [0, 0.05) is 11.1 Å². The van der Waals surface area contributed by atoms with Crippen molar-refractivity contribution in [1.82, 2.24) is 0 Å². The van der Waals surface area contributed by atoms with Crippen molar-refractivity contribution in [3.8, 4) is 11.5 Å². The Morgan fingerprint density at radius 3 is 2.50 bits per heavy atom. The molecule has 8 heteroatoms. The fourth-order valence-corrected chi connectivity index (χ4v) is 1.34. The van der Waals surface area contributed by atoms with Gasteiger partial charge in [-0.15, -0.1) is 0 Å². The molecule has 0 heterocycles. The lowest BCUT2D eigenvalue weighted by Gasteiger charge is -2.06. The summed E-state index contributed by atoms with van der Waals surface area (Å²) in [5.74, 6) is -1.13. The second-order valence-electron chi connectivity index (χ2n) is 2.35. The Bertz CT molecular complexity index is 458. The van der Waals surface area contributed by atoms with Crippen LogP contribution >= 0.6 is 11.6 Å². The van der Waals surface area contributed by atoms with Crippen LogP contribution in [0.25, 0.3) is 0 Å². The lowest BCUT2D eigenvalue weighted by atomic mass is 10.3. The molecule has 0 saturated carbocycles. The van der Waals surface area contributed by atoms with Crippen LogP contribution in [0, 0.1) is 0 Å². The molecule has 0 unspecified atom stereocenters. The van der Waals surface area contributed by atoms with Gasteiger partial charge in [0.1, 0.15) is 0 Å². The number of aromatic hydroxyl groups is 1. The van der Waals surface area contributed by atoms with Crippen LogP contribution in [0.3, 0.4) is 0 Å². The summed E-state index contributed by atoms with van der Waals surface area (Å²) in [7, 11) is -4.71. The Morgan fingerprint density at radius 2 is 2.00 bits per heavy atom. The van der Waals surface area contributed by atoms with E-state index in [0.717, 1.165) is 6.07 Å². The normalized spacial score (nSPS) is 11.3. The van der Waals surface area contributed by atoms with Gasteiger partial charge in [0.2, 0.25) is 0 Å². The summed E-state index contributed by atoms with van der Waals surface area (Å²) in [6.45, 7) is 0. The van der Waals surface area contributed by atoms with Crippen molar-refractivity contribution < 1.29 is 22.3 Å². The second-order valence-corrected chi connectivity index (χ2v) is 3.81. The molecule has 0 saturated heterocycles. The smallest absolute Gasteiger partial charge is 0.446 e. The van der Waals surface area contributed by atoms with E-state index in [0.29, 0.717) is 0 Å². The fraction of sp³-hybridized carbons (Fsp3) is 0. The average Bonchev–Trinajstić information content (AvgIpc) is 1.96. The van der Waals surface area contributed by atoms with E-state index in [2.05, 4.69) is 4.18 Å². The standard InChI is InChI=1S/C6H6ClNO5S/c7-3-1-4(8)6(9)5(2-3)13-14(10,11)12/h1-2,9H,8H2,(H,10,11,12). The minimum atomic E-state index is -4.71. The van der Waals surface area contributed by atoms with E-state index in [1.54, 1.807) is 0 Å². The van der Waals surface area contributed by atoms with Crippen LogP contribution in [0.2, 0.25) is 5.02 Å². The topological polar surface area (TPSA) is 110 Å². The zero-order valence-electron chi connectivity index (χ0n) is 6.64. The van der Waals surface area contributed by atoms with Gasteiger partial charge in [-0.2, -0.15) is 8.42 Å². The minimum absolute atomic E-state index is 0.0685. The predicted molar refractivity (Wildman–Crippen MR) is 49.7 cm³/mol. The molecular formula is C6H6ClNO5S. The number of hydrogen-bond acceptors (Lipinski definition) is 5. The van der Waals surface area contributed by atoms with Crippen molar-refractivity contribution in [2.45, 2.75) is 0 Å². The Labute approximate surface area is 84.8 Å². The Hall–Kier alpha value is -1.18. The van der Waals surface area contributed by atoms with Crippen LogP contribution in [-0.4, -0.2) is 18.1 Å². The van der Waals surface area contributed by atoms with E-state index in [1.807, 2.05) is 0 Å². The molecule has 0 atom stereocenters. The second kappa shape index (κ2) is 3.52. The van der Waals surface area contributed by atoms with E-state index in [9.17, 15) is 13.5 Å². The molecule has 6 nitrogen and oxygen atoms in total. The molecular weight excluding hydrogens is 234 g/mol. The number of anilines is 1. The van der Waals surface area contributed by atoms with E-state index >= 15 is 0 Å². The van der Waals surface area contributed by atoms with E-state index in [-0.39, 0.29) is 10.7 Å². The van der Waals surface area contributed by atoms with Crippen molar-refractivity contribution in [2.75, 3.05) is 5.73 Å². The number of benzene rings is 1. The van der Waals surface area contributed by atoms with Gasteiger partial charge in [-0.25, -0.2) is 0 Å². The highest BCUT2D eigenvalue weighted by atomic mass is 35.5. The molecule has 0 aliphatic carbocycles. The zero-order chi connectivity index (χ0) is 10.9. The van der Waals surface area contributed by atoms with Crippen molar-refractivity contribution in [2.24, 2.45) is 0 Å². The SMILES string of the molecule is Nc1cc(Cl)cc(OS(=O)(=O)O)c1O. The van der Waals surface area contributed by atoms with Gasteiger partial charge in [-0.1, -0.05) is 11.6 Å². The first-order valence-corrected chi connectivity index (χ1v) is 4.99. The molecule has 78 valence electrons. The van der Waals surface area contributed by atoms with Gasteiger partial charge in [0.25, 0.3) is 0 Å². The highest BCUT2D eigenvalue weighted by molar-refractivity contribution is 7.81. The first-order valence-electron chi connectivity index (χ1n) is 3.24. The molecule has 1 rings (SSSR count). The summed E-state index contributed by atoms with van der Waals surface area (Å²) in [6, 6.07) is 2.20. The Morgan fingerprint density at radius 1 is 1.43 bits per heavy atom. The molecule has 0 bridgehead atoms. The third-order valence-electron chi connectivity index (χ3n) is 1.26. The van der Waals surface area contributed by atoms with Crippen molar-refractivity contribution in [3.63, 3.8) is 0 Å². The van der Waals surface area contributed by atoms with Gasteiger partial charge in [-0.05, 0) is 6.07 Å². The lowest BCUT2D eigenvalue weighted by Crippen LogP contribution is -2.07. The van der Waals surface area contributed by atoms with Gasteiger partial charge in [0.05, 0.1) is 5.69 Å². The number of phenolic OH excluding ortho intramolecular Hbond substituents is 1. The molecule has 14 heavy (non-hydrogen) atoms. The summed E-state index contributed by atoms with van der Waals surface area (Å²) in [5, 5.41) is 9.27. The van der Waals surface area contributed by atoms with Gasteiger partial charge >= 0.3 is 10.4 Å². The molecule has 0 fully saturated rings. The molecule has 4 N–H and O–H groups in total. The third kappa shape index (κ3) is 2.66. The number of nitrogens with two attached hydrogens (primary N) is 1. The van der Waals surface area contributed by atoms with E-state index in [4.69, 9.17) is 21.9 Å². The summed E-state index contributed by atoms with van der Waals surface area (Å²) in [4.78, 5) is 0. The number of nitrogen functional groups attached to an aromatic ring is 1. The van der Waals surface area contributed by atoms with Crippen LogP contribution in [0.5, 0.6) is 11.5 Å². The monoisotopic (exact) mass is 239 g/mol. The summed E-state index contributed by atoms with van der Waals surface area (Å²) in [6.07, 6.45) is 0. The summed E-state index contributed by atoms with van der Waals surface area (Å²) in [5.41, 5.74) is 5.09. The molecule has 0 aromatic heterocycles. The van der Waals surface area contributed by atoms with Crippen LogP contribution in [0.15, 0.2) is 12.1 Å². The Kier molecular flexibility index (Phi) is 2.74. The quantitative estimate of drug-likeness (QED) is 0.400. The van der Waals surface area contributed by atoms with Crippen LogP contribution in [0.1, 0.15) is 0 Å². The number of hydrogen-bond donors (Lipinski definition) is 3. The van der Waals surface area contributed by atoms with Crippen molar-refractivity contribution >= 4 is 27.7 Å². The zero-order valence-corrected chi connectivity index (χ0v) is 8.21. The van der Waals surface area contributed by atoms with Gasteiger partial charge in [0.15, 0.2) is 11.5 Å². The summed E-state index contributed by atoms with van der Waals surface area (Å²) >= 11 is 5.50. The van der Waals surface area contributed by atoms with Gasteiger partial charge < -0.3 is 15.0 Å². The summed E-state index contributed by atoms with van der Waals surface area (Å²) < 4.78 is 33.0. The lowest BCUT2D eigenvalue weighted by molar-refractivity contribution is 0.372. The van der Waals surface area contributed by atoms with Crippen LogP contribution in [0.4, 0.5) is 5.69 Å². The fourth-order valence-electron chi connectivity index (χ4n) is 0.771. The minimum Gasteiger partial charge on any atom is -0.503 e. The Balaban J connectivity index is 3.22. The van der Waals surface area contributed by atoms with Crippen molar-refractivity contribution in [1.29, 1.82) is 0 Å². The third-order valence-corrected chi connectivity index (χ3v) is 1.87. The molecule has 0 aliphatic rings. The first kappa shape index (κ1) is 10.9. The molecule has 0 radical (unpaired) electrons. The number of phenols is 1. The molecule has 0 spiro atoms. The van der Waals surface area contributed by atoms with E-state index < -0.39 is 21.9 Å². The highest BCUT2D eigenvalue weighted by Crippen LogP contribution is 2.35. The highest BCUT2D eigenvalue weighted by Gasteiger charge is 2.14. The molecule has 0 amide bonds. The first-order chi connectivity index (χ1) is 6.29. The number of rotatable bonds is 2. The number of halogens is 1. The molecule has 0 aliphatic heterocycles. The molecule has 1 aromatic rings. The maximum absolute atomic E-state index is 10.3. The predicted octanol–water partition coefficient (Wildman–Crippen LogP) is 0.809. The molecule has 1 aromatic carbocycles. The maximum Gasteiger partial charge on any atom is 0.446 e. The largest absolute Gasteiger partial charge is 0.503 e. The van der Waals surface area contributed by atoms with Crippen molar-refractivity contribution in [3.05, 3.63) is 17.2 Å².